The Morgan fingerprint density at radius 2 is 2.07 bits per heavy atom. The molecule has 0 aliphatic rings. The highest BCUT2D eigenvalue weighted by atomic mass is 35.5. The molecular weight excluding hydrogens is 194 g/mol. The summed E-state index contributed by atoms with van der Waals surface area (Å²) in [5.41, 5.74) is 1.13. The Bertz CT molecular complexity index is 258. The molecule has 1 N–H and O–H groups in total. The monoisotopic (exact) mass is 209 g/mol. The van der Waals surface area contributed by atoms with E-state index in [9.17, 15) is 0 Å². The smallest absolute Gasteiger partial charge is 0.0442 e. The van der Waals surface area contributed by atoms with Gasteiger partial charge in [0.05, 0.1) is 0 Å². The lowest BCUT2D eigenvalue weighted by atomic mass is 10.1. The van der Waals surface area contributed by atoms with E-state index in [0.717, 1.165) is 18.5 Å². The zero-order chi connectivity index (χ0) is 10.2. The lowest BCUT2D eigenvalue weighted by molar-refractivity contribution is 0.744. The van der Waals surface area contributed by atoms with Gasteiger partial charge in [-0.1, -0.05) is 24.3 Å². The Kier molecular flexibility index (Phi) is 5.16. The van der Waals surface area contributed by atoms with Gasteiger partial charge in [-0.2, -0.15) is 0 Å². The van der Waals surface area contributed by atoms with E-state index in [1.54, 1.807) is 0 Å². The van der Waals surface area contributed by atoms with E-state index in [1.165, 1.54) is 0 Å². The number of anilines is 1. The van der Waals surface area contributed by atoms with E-state index < -0.39 is 0 Å². The summed E-state index contributed by atoms with van der Waals surface area (Å²) in [6, 6.07) is 10.5. The van der Waals surface area contributed by atoms with Crippen molar-refractivity contribution in [1.82, 2.24) is 0 Å². The Morgan fingerprint density at radius 1 is 1.36 bits per heavy atom. The number of para-hydroxylation sites is 1. The maximum absolute atomic E-state index is 5.64. The van der Waals surface area contributed by atoms with Gasteiger partial charge >= 0.3 is 0 Å². The van der Waals surface area contributed by atoms with E-state index >= 15 is 0 Å². The topological polar surface area (TPSA) is 12.0 Å². The molecule has 1 nitrogen and oxygen atoms in total. The Balaban J connectivity index is 2.44. The maximum Gasteiger partial charge on any atom is 0.0442 e. The zero-order valence-electron chi connectivity index (χ0n) is 8.25. The zero-order valence-corrected chi connectivity index (χ0v) is 9.00. The summed E-state index contributed by atoms with van der Waals surface area (Å²) < 4.78 is 0. The quantitative estimate of drug-likeness (QED) is 0.557. The Hall–Kier alpha value is -0.950. The number of alkyl halides is 1. The summed E-state index contributed by atoms with van der Waals surface area (Å²) in [7, 11) is 0. The fraction of sp³-hybridized carbons (Fsp3) is 0.333. The first-order valence-corrected chi connectivity index (χ1v) is 5.40. The van der Waals surface area contributed by atoms with Gasteiger partial charge in [0.1, 0.15) is 0 Å². The van der Waals surface area contributed by atoms with Crippen LogP contribution >= 0.6 is 11.6 Å². The summed E-state index contributed by atoms with van der Waals surface area (Å²) in [6.45, 7) is 3.80. The first-order chi connectivity index (χ1) is 6.86. The van der Waals surface area contributed by atoms with Crippen molar-refractivity contribution >= 4 is 17.3 Å². The van der Waals surface area contributed by atoms with Gasteiger partial charge in [-0.25, -0.2) is 0 Å². The van der Waals surface area contributed by atoms with Crippen LogP contribution in [0.1, 0.15) is 12.8 Å². The van der Waals surface area contributed by atoms with Crippen LogP contribution < -0.4 is 5.32 Å². The van der Waals surface area contributed by atoms with Gasteiger partial charge < -0.3 is 5.32 Å². The molecule has 0 aliphatic carbocycles. The van der Waals surface area contributed by atoms with Crippen LogP contribution in [-0.4, -0.2) is 11.9 Å². The van der Waals surface area contributed by atoms with E-state index in [4.69, 9.17) is 11.6 Å². The molecule has 2 heteroatoms. The lowest BCUT2D eigenvalue weighted by Crippen LogP contribution is -2.16. The van der Waals surface area contributed by atoms with Crippen LogP contribution in [0, 0.1) is 0 Å². The minimum Gasteiger partial charge on any atom is -0.379 e. The summed E-state index contributed by atoms with van der Waals surface area (Å²) in [6.07, 6.45) is 3.97. The largest absolute Gasteiger partial charge is 0.379 e. The third-order valence-electron chi connectivity index (χ3n) is 2.06. The van der Waals surface area contributed by atoms with Crippen LogP contribution in [0.15, 0.2) is 43.0 Å². The number of hydrogen-bond acceptors (Lipinski definition) is 1. The van der Waals surface area contributed by atoms with E-state index in [2.05, 4.69) is 24.0 Å². The average molecular weight is 210 g/mol. The lowest BCUT2D eigenvalue weighted by Gasteiger charge is -2.15. The van der Waals surface area contributed by atoms with Crippen molar-refractivity contribution in [2.45, 2.75) is 18.9 Å². The molecule has 0 fully saturated rings. The van der Waals surface area contributed by atoms with Crippen LogP contribution in [-0.2, 0) is 0 Å². The summed E-state index contributed by atoms with van der Waals surface area (Å²) >= 11 is 5.64. The standard InChI is InChI=1S/C12H16ClN/c1-2-11(9-6-10-13)14-12-7-4-3-5-8-12/h2-5,7-8,11,14H,1,6,9-10H2. The molecule has 1 rings (SSSR count). The average Bonchev–Trinajstić information content (AvgIpc) is 2.25. The normalized spacial score (nSPS) is 12.1. The summed E-state index contributed by atoms with van der Waals surface area (Å²) in [5.74, 6) is 0.709. The van der Waals surface area contributed by atoms with Gasteiger partial charge in [0, 0.05) is 17.6 Å². The molecule has 0 saturated heterocycles. The molecule has 1 aromatic rings. The van der Waals surface area contributed by atoms with Crippen LogP contribution in [0.2, 0.25) is 0 Å². The number of hydrogen-bond donors (Lipinski definition) is 1. The number of benzene rings is 1. The first kappa shape index (κ1) is 11.1. The highest BCUT2D eigenvalue weighted by Gasteiger charge is 2.02. The molecule has 1 atom stereocenters. The molecule has 0 spiro atoms. The molecule has 0 aliphatic heterocycles. The van der Waals surface area contributed by atoms with Crippen molar-refractivity contribution in [3.8, 4) is 0 Å². The second-order valence-electron chi connectivity index (χ2n) is 3.18. The Labute approximate surface area is 90.8 Å². The third kappa shape index (κ3) is 3.84. The second kappa shape index (κ2) is 6.50. The summed E-state index contributed by atoms with van der Waals surface area (Å²) in [5, 5.41) is 3.39. The number of rotatable bonds is 6. The van der Waals surface area contributed by atoms with E-state index in [-0.39, 0.29) is 0 Å². The molecule has 0 saturated carbocycles. The van der Waals surface area contributed by atoms with Crippen molar-refractivity contribution in [3.05, 3.63) is 43.0 Å². The highest BCUT2D eigenvalue weighted by Crippen LogP contribution is 2.10. The van der Waals surface area contributed by atoms with Gasteiger partial charge in [-0.3, -0.25) is 0 Å². The third-order valence-corrected chi connectivity index (χ3v) is 2.33. The van der Waals surface area contributed by atoms with Gasteiger partial charge in [-0.05, 0) is 25.0 Å². The molecule has 0 radical (unpaired) electrons. The van der Waals surface area contributed by atoms with Crippen LogP contribution in [0.5, 0.6) is 0 Å². The molecule has 0 heterocycles. The molecular formula is C12H16ClN. The van der Waals surface area contributed by atoms with Crippen molar-refractivity contribution in [2.75, 3.05) is 11.2 Å². The SMILES string of the molecule is C=CC(CCCCl)Nc1ccccc1. The number of halogens is 1. The van der Waals surface area contributed by atoms with Crippen molar-refractivity contribution < 1.29 is 0 Å². The minimum absolute atomic E-state index is 0.316. The van der Waals surface area contributed by atoms with Crippen LogP contribution in [0.4, 0.5) is 5.69 Å². The molecule has 1 unspecified atom stereocenters. The molecule has 0 aromatic heterocycles. The van der Waals surface area contributed by atoms with Crippen molar-refractivity contribution in [3.63, 3.8) is 0 Å². The van der Waals surface area contributed by atoms with Crippen molar-refractivity contribution in [1.29, 1.82) is 0 Å². The molecule has 1 aromatic carbocycles. The molecule has 14 heavy (non-hydrogen) atoms. The predicted molar refractivity (Wildman–Crippen MR) is 64.0 cm³/mol. The van der Waals surface area contributed by atoms with Gasteiger partial charge in [0.15, 0.2) is 0 Å². The second-order valence-corrected chi connectivity index (χ2v) is 3.56. The van der Waals surface area contributed by atoms with Crippen LogP contribution in [0.25, 0.3) is 0 Å². The van der Waals surface area contributed by atoms with Gasteiger partial charge in [0.25, 0.3) is 0 Å². The van der Waals surface area contributed by atoms with E-state index in [0.29, 0.717) is 11.9 Å². The maximum atomic E-state index is 5.64. The van der Waals surface area contributed by atoms with Gasteiger partial charge in [-0.15, -0.1) is 18.2 Å². The Morgan fingerprint density at radius 3 is 2.64 bits per heavy atom. The fourth-order valence-electron chi connectivity index (χ4n) is 1.29. The van der Waals surface area contributed by atoms with Crippen LogP contribution in [0.3, 0.4) is 0 Å². The fourth-order valence-corrected chi connectivity index (χ4v) is 1.45. The van der Waals surface area contributed by atoms with Crippen molar-refractivity contribution in [2.24, 2.45) is 0 Å². The first-order valence-electron chi connectivity index (χ1n) is 4.87. The van der Waals surface area contributed by atoms with Gasteiger partial charge in [0.2, 0.25) is 0 Å². The minimum atomic E-state index is 0.316. The number of nitrogens with one attached hydrogen (secondary N) is 1. The predicted octanol–water partition coefficient (Wildman–Crippen LogP) is 3.67. The van der Waals surface area contributed by atoms with E-state index in [1.807, 2.05) is 24.3 Å². The molecule has 0 amide bonds. The summed E-state index contributed by atoms with van der Waals surface area (Å²) in [4.78, 5) is 0. The molecule has 0 bridgehead atoms. The molecule has 76 valence electrons. The highest BCUT2D eigenvalue weighted by molar-refractivity contribution is 6.17.